The minimum Gasteiger partial charge on any atom is -0.298 e. The Hall–Kier alpha value is -2.05. The van der Waals surface area contributed by atoms with E-state index in [0.29, 0.717) is 5.92 Å². The van der Waals surface area contributed by atoms with E-state index in [2.05, 4.69) is 42.6 Å². The third-order valence-electron chi connectivity index (χ3n) is 4.33. The number of hydrogen-bond donors (Lipinski definition) is 1. The van der Waals surface area contributed by atoms with Crippen LogP contribution >= 0.6 is 11.3 Å². The fraction of sp³-hybridized carbons (Fsp3) is 0.353. The second-order valence-electron chi connectivity index (χ2n) is 6.02. The molecule has 0 radical (unpaired) electrons. The van der Waals surface area contributed by atoms with Crippen LogP contribution in [0.15, 0.2) is 36.0 Å². The van der Waals surface area contributed by atoms with Gasteiger partial charge in [-0.05, 0) is 37.4 Å². The van der Waals surface area contributed by atoms with Crippen molar-refractivity contribution in [3.8, 4) is 10.6 Å². The van der Waals surface area contributed by atoms with E-state index in [9.17, 15) is 0 Å². The van der Waals surface area contributed by atoms with E-state index in [-0.39, 0.29) is 0 Å². The average Bonchev–Trinajstić information content (AvgIpc) is 3.29. The van der Waals surface area contributed by atoms with Gasteiger partial charge in [-0.1, -0.05) is 6.07 Å². The fourth-order valence-electron chi connectivity index (χ4n) is 3.16. The number of aryl methyl sites for hydroxylation is 1. The van der Waals surface area contributed by atoms with E-state index in [4.69, 9.17) is 0 Å². The first-order valence-corrected chi connectivity index (χ1v) is 8.75. The second-order valence-corrected chi connectivity index (χ2v) is 6.97. The lowest BCUT2D eigenvalue weighted by Gasteiger charge is -2.15. The largest absolute Gasteiger partial charge is 0.298 e. The molecule has 0 saturated carbocycles. The van der Waals surface area contributed by atoms with Crippen molar-refractivity contribution in [3.63, 3.8) is 0 Å². The molecule has 23 heavy (non-hydrogen) atoms. The molecule has 6 heteroatoms. The molecule has 0 spiro atoms. The number of rotatable bonds is 4. The minimum atomic E-state index is 0.437. The van der Waals surface area contributed by atoms with Crippen LogP contribution in [-0.4, -0.2) is 38.2 Å². The Balaban J connectivity index is 1.46. The van der Waals surface area contributed by atoms with Crippen LogP contribution < -0.4 is 0 Å². The van der Waals surface area contributed by atoms with Gasteiger partial charge in [-0.2, -0.15) is 5.10 Å². The standard InChI is InChI=1S/C17H19N5S/c1-12-4-6-18-17(20-12)13-5-7-22(10-13)11-14-9-19-21-16(14)15-3-2-8-23-15/h2-4,6,8-9,13H,5,7,10-11H2,1H3,(H,19,21)/t13-/m0/s1. The SMILES string of the molecule is Cc1ccnc([C@H]2CCN(Cc3cn[nH]c3-c3cccs3)C2)n1. The van der Waals surface area contributed by atoms with E-state index >= 15 is 0 Å². The van der Waals surface area contributed by atoms with Crippen LogP contribution in [-0.2, 0) is 6.54 Å². The topological polar surface area (TPSA) is 57.7 Å². The first-order chi connectivity index (χ1) is 11.3. The van der Waals surface area contributed by atoms with Crippen molar-refractivity contribution in [1.29, 1.82) is 0 Å². The molecular formula is C17H19N5S. The second kappa shape index (κ2) is 6.22. The van der Waals surface area contributed by atoms with Gasteiger partial charge in [0.2, 0.25) is 0 Å². The number of hydrogen-bond acceptors (Lipinski definition) is 5. The van der Waals surface area contributed by atoms with Crippen molar-refractivity contribution in [3.05, 3.63) is 53.1 Å². The van der Waals surface area contributed by atoms with Crippen molar-refractivity contribution >= 4 is 11.3 Å². The molecule has 1 N–H and O–H groups in total. The Morgan fingerprint density at radius 3 is 3.17 bits per heavy atom. The van der Waals surface area contributed by atoms with E-state index in [1.807, 2.05) is 25.4 Å². The van der Waals surface area contributed by atoms with Gasteiger partial charge in [0.1, 0.15) is 5.82 Å². The number of aromatic nitrogens is 4. The molecule has 5 nitrogen and oxygen atoms in total. The molecule has 1 aliphatic heterocycles. The summed E-state index contributed by atoms with van der Waals surface area (Å²) >= 11 is 1.74. The van der Waals surface area contributed by atoms with Crippen LogP contribution in [0.4, 0.5) is 0 Å². The molecule has 1 aliphatic rings. The highest BCUT2D eigenvalue weighted by molar-refractivity contribution is 7.13. The number of nitrogens with one attached hydrogen (secondary N) is 1. The zero-order chi connectivity index (χ0) is 15.6. The number of aromatic amines is 1. The molecule has 1 atom stereocenters. The Morgan fingerprint density at radius 2 is 2.35 bits per heavy atom. The van der Waals surface area contributed by atoms with Crippen LogP contribution in [0.2, 0.25) is 0 Å². The van der Waals surface area contributed by atoms with Crippen molar-refractivity contribution < 1.29 is 0 Å². The summed E-state index contributed by atoms with van der Waals surface area (Å²) in [5.74, 6) is 1.42. The van der Waals surface area contributed by atoms with Gasteiger partial charge in [0.25, 0.3) is 0 Å². The summed E-state index contributed by atoms with van der Waals surface area (Å²) in [5, 5.41) is 9.48. The number of likely N-dealkylation sites (tertiary alicyclic amines) is 1. The van der Waals surface area contributed by atoms with Crippen LogP contribution in [0.5, 0.6) is 0 Å². The maximum absolute atomic E-state index is 4.59. The summed E-state index contributed by atoms with van der Waals surface area (Å²) in [6.45, 7) is 5.04. The van der Waals surface area contributed by atoms with Gasteiger partial charge in [-0.15, -0.1) is 11.3 Å². The number of thiophene rings is 1. The van der Waals surface area contributed by atoms with Gasteiger partial charge in [0, 0.05) is 36.5 Å². The van der Waals surface area contributed by atoms with E-state index in [0.717, 1.165) is 43.3 Å². The van der Waals surface area contributed by atoms with Crippen molar-refractivity contribution in [2.45, 2.75) is 25.8 Å². The molecule has 4 rings (SSSR count). The third-order valence-corrected chi connectivity index (χ3v) is 5.22. The molecule has 0 aliphatic carbocycles. The molecule has 1 saturated heterocycles. The van der Waals surface area contributed by atoms with E-state index < -0.39 is 0 Å². The van der Waals surface area contributed by atoms with Crippen molar-refractivity contribution in [1.82, 2.24) is 25.1 Å². The smallest absolute Gasteiger partial charge is 0.132 e. The molecule has 118 valence electrons. The van der Waals surface area contributed by atoms with Gasteiger partial charge in [0.05, 0.1) is 16.8 Å². The van der Waals surface area contributed by atoms with E-state index in [1.165, 1.54) is 10.4 Å². The Kier molecular flexibility index (Phi) is 3.93. The predicted octanol–water partition coefficient (Wildman–Crippen LogP) is 3.23. The lowest BCUT2D eigenvalue weighted by atomic mass is 10.1. The highest BCUT2D eigenvalue weighted by Crippen LogP contribution is 2.30. The Bertz CT molecular complexity index is 780. The van der Waals surface area contributed by atoms with E-state index in [1.54, 1.807) is 11.3 Å². The zero-order valence-corrected chi connectivity index (χ0v) is 13.9. The van der Waals surface area contributed by atoms with Crippen molar-refractivity contribution in [2.24, 2.45) is 0 Å². The monoisotopic (exact) mass is 325 g/mol. The summed E-state index contributed by atoms with van der Waals surface area (Å²) in [6, 6.07) is 6.16. The fourth-order valence-corrected chi connectivity index (χ4v) is 3.91. The van der Waals surface area contributed by atoms with Gasteiger partial charge < -0.3 is 0 Å². The van der Waals surface area contributed by atoms with Crippen LogP contribution in [0.1, 0.15) is 29.4 Å². The summed E-state index contributed by atoms with van der Waals surface area (Å²) in [6.07, 6.45) is 4.94. The molecule has 4 heterocycles. The third kappa shape index (κ3) is 3.04. The van der Waals surface area contributed by atoms with Gasteiger partial charge in [-0.3, -0.25) is 10.00 Å². The molecule has 0 unspecified atom stereocenters. The van der Waals surface area contributed by atoms with Crippen molar-refractivity contribution in [2.75, 3.05) is 13.1 Å². The predicted molar refractivity (Wildman–Crippen MR) is 91.3 cm³/mol. The number of nitrogens with zero attached hydrogens (tertiary/aromatic N) is 4. The quantitative estimate of drug-likeness (QED) is 0.800. The molecule has 1 fully saturated rings. The minimum absolute atomic E-state index is 0.437. The van der Waals surface area contributed by atoms with Crippen LogP contribution in [0.25, 0.3) is 10.6 Å². The maximum Gasteiger partial charge on any atom is 0.132 e. The number of H-pyrrole nitrogens is 1. The highest BCUT2D eigenvalue weighted by atomic mass is 32.1. The summed E-state index contributed by atoms with van der Waals surface area (Å²) in [4.78, 5) is 12.8. The average molecular weight is 325 g/mol. The molecule has 0 amide bonds. The molecule has 0 aromatic carbocycles. The highest BCUT2D eigenvalue weighted by Gasteiger charge is 2.26. The zero-order valence-electron chi connectivity index (χ0n) is 13.1. The summed E-state index contributed by atoms with van der Waals surface area (Å²) < 4.78 is 0. The molecule has 3 aromatic heterocycles. The van der Waals surface area contributed by atoms with Crippen LogP contribution in [0.3, 0.4) is 0 Å². The lowest BCUT2D eigenvalue weighted by Crippen LogP contribution is -2.20. The normalized spacial score (nSPS) is 18.6. The summed E-state index contributed by atoms with van der Waals surface area (Å²) in [7, 11) is 0. The first kappa shape index (κ1) is 14.5. The van der Waals surface area contributed by atoms with Gasteiger partial charge >= 0.3 is 0 Å². The molecule has 0 bridgehead atoms. The first-order valence-electron chi connectivity index (χ1n) is 7.87. The molecular weight excluding hydrogens is 306 g/mol. The Morgan fingerprint density at radius 1 is 1.39 bits per heavy atom. The molecule has 3 aromatic rings. The Labute approximate surface area is 139 Å². The van der Waals surface area contributed by atoms with Gasteiger partial charge in [-0.25, -0.2) is 9.97 Å². The van der Waals surface area contributed by atoms with Gasteiger partial charge in [0.15, 0.2) is 0 Å². The lowest BCUT2D eigenvalue weighted by molar-refractivity contribution is 0.326. The maximum atomic E-state index is 4.59. The summed E-state index contributed by atoms with van der Waals surface area (Å²) in [5.41, 5.74) is 3.46. The van der Waals surface area contributed by atoms with Crippen LogP contribution in [0, 0.1) is 6.92 Å².